The molecule has 0 spiro atoms. The van der Waals surface area contributed by atoms with E-state index in [0.29, 0.717) is 10.3 Å². The summed E-state index contributed by atoms with van der Waals surface area (Å²) in [7, 11) is 2.98. The number of methoxy groups -OCH3 is 1. The summed E-state index contributed by atoms with van der Waals surface area (Å²) in [6.07, 6.45) is 1.05. The van der Waals surface area contributed by atoms with E-state index in [4.69, 9.17) is 0 Å². The lowest BCUT2D eigenvalue weighted by Crippen LogP contribution is -2.34. The highest BCUT2D eigenvalue weighted by atomic mass is 32.2. The molecule has 0 aliphatic heterocycles. The zero-order valence-electron chi connectivity index (χ0n) is 11.7. The van der Waals surface area contributed by atoms with E-state index in [1.54, 1.807) is 23.7 Å². The van der Waals surface area contributed by atoms with E-state index < -0.39 is 0 Å². The van der Waals surface area contributed by atoms with Crippen molar-refractivity contribution in [1.29, 1.82) is 0 Å². The summed E-state index contributed by atoms with van der Waals surface area (Å²) in [5, 5.41) is 3.81. The lowest BCUT2D eigenvalue weighted by atomic mass is 10.5. The van der Waals surface area contributed by atoms with Gasteiger partial charge in [0.1, 0.15) is 0 Å². The van der Waals surface area contributed by atoms with Gasteiger partial charge in [-0.2, -0.15) is 9.36 Å². The number of anilines is 1. The molecule has 0 bridgehead atoms. The molecule has 0 radical (unpaired) electrons. The van der Waals surface area contributed by atoms with Gasteiger partial charge in [0.25, 0.3) is 0 Å². The van der Waals surface area contributed by atoms with Gasteiger partial charge < -0.3 is 4.74 Å². The Morgan fingerprint density at radius 1 is 1.45 bits per heavy atom. The molecule has 0 aliphatic carbocycles. The normalized spacial score (nSPS) is 10.6. The molecular formula is C11H18N4O3S2. The van der Waals surface area contributed by atoms with Crippen LogP contribution in [0.15, 0.2) is 5.16 Å². The molecule has 9 heteroatoms. The average molecular weight is 318 g/mol. The lowest BCUT2D eigenvalue weighted by molar-refractivity contribution is -0.141. The van der Waals surface area contributed by atoms with Crippen molar-refractivity contribution >= 4 is 40.3 Å². The number of thioether (sulfide) groups is 1. The van der Waals surface area contributed by atoms with E-state index in [-0.39, 0.29) is 25.0 Å². The van der Waals surface area contributed by atoms with Crippen molar-refractivity contribution in [1.82, 2.24) is 14.3 Å². The fraction of sp³-hybridized carbons (Fsp3) is 0.636. The minimum atomic E-state index is -0.380. The maximum Gasteiger partial charge on any atom is 0.319 e. The van der Waals surface area contributed by atoms with Crippen LogP contribution in [0.1, 0.15) is 13.3 Å². The summed E-state index contributed by atoms with van der Waals surface area (Å²) in [4.78, 5) is 28.6. The summed E-state index contributed by atoms with van der Waals surface area (Å²) in [5.41, 5.74) is 0. The van der Waals surface area contributed by atoms with Crippen LogP contribution in [0.2, 0.25) is 0 Å². The predicted octanol–water partition coefficient (Wildman–Crippen LogP) is 1.08. The fourth-order valence-corrected chi connectivity index (χ4v) is 2.67. The summed E-state index contributed by atoms with van der Waals surface area (Å²) in [5.74, 6) is 0.334. The second-order valence-electron chi connectivity index (χ2n) is 4.03. The minimum absolute atomic E-state index is 0.0671. The first-order valence-electron chi connectivity index (χ1n) is 6.06. The highest BCUT2D eigenvalue weighted by molar-refractivity contribution is 7.99. The van der Waals surface area contributed by atoms with Gasteiger partial charge >= 0.3 is 5.97 Å². The highest BCUT2D eigenvalue weighted by Gasteiger charge is 2.13. The Balaban J connectivity index is 2.38. The zero-order valence-corrected chi connectivity index (χ0v) is 13.3. The number of hydrogen-bond donors (Lipinski definition) is 1. The molecule has 1 rings (SSSR count). The molecule has 20 heavy (non-hydrogen) atoms. The molecule has 0 aromatic carbocycles. The molecule has 0 fully saturated rings. The van der Waals surface area contributed by atoms with Crippen LogP contribution in [0.4, 0.5) is 5.13 Å². The van der Waals surface area contributed by atoms with E-state index in [0.717, 1.165) is 23.7 Å². The summed E-state index contributed by atoms with van der Waals surface area (Å²) in [6.45, 7) is 2.24. The summed E-state index contributed by atoms with van der Waals surface area (Å²) in [6, 6.07) is 0. The van der Waals surface area contributed by atoms with Gasteiger partial charge in [0, 0.05) is 17.3 Å². The molecule has 0 atom stereocenters. The first-order valence-corrected chi connectivity index (χ1v) is 7.82. The van der Waals surface area contributed by atoms with E-state index >= 15 is 0 Å². The Bertz CT molecular complexity index is 453. The van der Waals surface area contributed by atoms with Gasteiger partial charge in [-0.25, -0.2) is 0 Å². The van der Waals surface area contributed by atoms with E-state index in [1.807, 2.05) is 0 Å². The van der Waals surface area contributed by atoms with Gasteiger partial charge in [-0.3, -0.25) is 19.8 Å². The molecule has 1 aromatic heterocycles. The smallest absolute Gasteiger partial charge is 0.319 e. The topological polar surface area (TPSA) is 84.4 Å². The third kappa shape index (κ3) is 6.31. The number of amides is 1. The summed E-state index contributed by atoms with van der Waals surface area (Å²) >= 11 is 2.71. The minimum Gasteiger partial charge on any atom is -0.468 e. The van der Waals surface area contributed by atoms with Crippen molar-refractivity contribution in [2.24, 2.45) is 0 Å². The molecule has 0 saturated heterocycles. The molecule has 1 heterocycles. The number of esters is 1. The Morgan fingerprint density at radius 3 is 2.85 bits per heavy atom. The van der Waals surface area contributed by atoms with E-state index in [9.17, 15) is 9.59 Å². The van der Waals surface area contributed by atoms with Crippen LogP contribution in [-0.4, -0.2) is 59.1 Å². The number of ether oxygens (including phenoxy) is 1. The molecule has 1 N–H and O–H groups in total. The van der Waals surface area contributed by atoms with Gasteiger partial charge in [-0.05, 0) is 13.5 Å². The van der Waals surface area contributed by atoms with Crippen molar-refractivity contribution < 1.29 is 14.3 Å². The zero-order chi connectivity index (χ0) is 15.0. The van der Waals surface area contributed by atoms with Crippen LogP contribution in [0.25, 0.3) is 0 Å². The van der Waals surface area contributed by atoms with E-state index in [1.165, 1.54) is 7.11 Å². The number of rotatable bonds is 8. The SMILES string of the molecule is CCCSc1nsc(NC(=O)CN(C)CC(=O)OC)n1. The second kappa shape index (κ2) is 8.88. The Kier molecular flexibility index (Phi) is 7.48. The van der Waals surface area contributed by atoms with Crippen LogP contribution in [0.3, 0.4) is 0 Å². The largest absolute Gasteiger partial charge is 0.468 e. The van der Waals surface area contributed by atoms with Gasteiger partial charge in [0.15, 0.2) is 0 Å². The molecule has 112 valence electrons. The van der Waals surface area contributed by atoms with Gasteiger partial charge in [-0.15, -0.1) is 0 Å². The Labute approximate surface area is 126 Å². The maximum absolute atomic E-state index is 11.7. The quantitative estimate of drug-likeness (QED) is 0.567. The second-order valence-corrected chi connectivity index (χ2v) is 5.84. The lowest BCUT2D eigenvalue weighted by Gasteiger charge is -2.13. The van der Waals surface area contributed by atoms with Gasteiger partial charge in [0.2, 0.25) is 16.2 Å². The van der Waals surface area contributed by atoms with Crippen LogP contribution < -0.4 is 5.32 Å². The molecule has 0 aliphatic rings. The Hall–Kier alpha value is -1.19. The molecule has 7 nitrogen and oxygen atoms in total. The van der Waals surface area contributed by atoms with Crippen molar-refractivity contribution in [2.75, 3.05) is 38.3 Å². The van der Waals surface area contributed by atoms with Crippen molar-refractivity contribution in [2.45, 2.75) is 18.5 Å². The molecule has 1 aromatic rings. The average Bonchev–Trinajstić information content (AvgIpc) is 2.83. The third-order valence-electron chi connectivity index (χ3n) is 2.13. The van der Waals surface area contributed by atoms with Crippen LogP contribution in [0.5, 0.6) is 0 Å². The van der Waals surface area contributed by atoms with Crippen LogP contribution in [0, 0.1) is 0 Å². The van der Waals surface area contributed by atoms with Crippen molar-refractivity contribution in [3.63, 3.8) is 0 Å². The van der Waals surface area contributed by atoms with Crippen molar-refractivity contribution in [3.8, 4) is 0 Å². The van der Waals surface area contributed by atoms with Crippen molar-refractivity contribution in [3.05, 3.63) is 0 Å². The van der Waals surface area contributed by atoms with Gasteiger partial charge in [-0.1, -0.05) is 18.7 Å². The predicted molar refractivity (Wildman–Crippen MR) is 79.1 cm³/mol. The number of hydrogen-bond acceptors (Lipinski definition) is 8. The number of nitrogens with zero attached hydrogens (tertiary/aromatic N) is 3. The first-order chi connectivity index (χ1) is 9.55. The fourth-order valence-electron chi connectivity index (χ4n) is 1.26. The summed E-state index contributed by atoms with van der Waals surface area (Å²) < 4.78 is 8.66. The number of nitrogens with one attached hydrogen (secondary N) is 1. The van der Waals surface area contributed by atoms with E-state index in [2.05, 4.69) is 26.3 Å². The first kappa shape index (κ1) is 16.9. The number of likely N-dealkylation sites (N-methyl/N-ethyl adjacent to an activating group) is 1. The standard InChI is InChI=1S/C11H18N4O3S2/c1-4-5-19-11-13-10(20-14-11)12-8(16)6-15(2)7-9(17)18-3/h4-7H2,1-3H3,(H,12,13,14,16). The molecular weight excluding hydrogens is 300 g/mol. The maximum atomic E-state index is 11.7. The Morgan fingerprint density at radius 2 is 2.20 bits per heavy atom. The van der Waals surface area contributed by atoms with Gasteiger partial charge in [0.05, 0.1) is 20.2 Å². The number of carbonyl (C=O) groups excluding carboxylic acids is 2. The van der Waals surface area contributed by atoms with Crippen LogP contribution in [-0.2, 0) is 14.3 Å². The molecule has 0 unspecified atom stereocenters. The number of carbonyl (C=O) groups is 2. The number of aromatic nitrogens is 2. The monoisotopic (exact) mass is 318 g/mol. The third-order valence-corrected chi connectivity index (χ3v) is 3.93. The highest BCUT2D eigenvalue weighted by Crippen LogP contribution is 2.20. The molecule has 1 amide bonds. The molecule has 0 saturated carbocycles. The van der Waals surface area contributed by atoms with Crippen LogP contribution >= 0.6 is 23.3 Å².